The highest BCUT2D eigenvalue weighted by molar-refractivity contribution is 7.99. The molecule has 0 saturated carbocycles. The van der Waals surface area contributed by atoms with Gasteiger partial charge in [0.25, 0.3) is 0 Å². The molecule has 1 rings (SSSR count). The Labute approximate surface area is 89.8 Å². The molecule has 1 aromatic heterocycles. The Morgan fingerprint density at radius 3 is 2.71 bits per heavy atom. The zero-order chi connectivity index (χ0) is 10.8. The minimum absolute atomic E-state index is 0.176. The summed E-state index contributed by atoms with van der Waals surface area (Å²) >= 11 is 2.31. The van der Waals surface area contributed by atoms with E-state index in [9.17, 15) is 4.91 Å². The van der Waals surface area contributed by atoms with E-state index in [-0.39, 0.29) is 6.61 Å². The molecule has 0 aliphatic heterocycles. The normalized spacial score (nSPS) is 11.7. The number of hydrogen-bond donors (Lipinski definition) is 2. The monoisotopic (exact) mass is 233 g/mol. The molecule has 0 fully saturated rings. The van der Waals surface area contributed by atoms with Crippen molar-refractivity contribution >= 4 is 23.3 Å². The molecule has 0 atom stereocenters. The molecule has 1 heterocycles. The van der Waals surface area contributed by atoms with Crippen LogP contribution >= 0.6 is 23.3 Å². The van der Waals surface area contributed by atoms with Gasteiger partial charge in [-0.05, 0) is 25.8 Å². The van der Waals surface area contributed by atoms with Crippen LogP contribution in [0.15, 0.2) is 9.39 Å². The largest absolute Gasteiger partial charge is 0.390 e. The highest BCUT2D eigenvalue weighted by Crippen LogP contribution is 2.34. The lowest BCUT2D eigenvalue weighted by Gasteiger charge is -2.09. The average molecular weight is 233 g/mol. The number of aromatic nitrogens is 1. The highest BCUT2D eigenvalue weighted by atomic mass is 32.2. The smallest absolute Gasteiger partial charge is 0.148 e. The van der Waals surface area contributed by atoms with Crippen LogP contribution in [-0.4, -0.2) is 10.1 Å². The SMILES string of the molecule is CC(C)(N=O)c1nc(CO)c(SN)s1. The van der Waals surface area contributed by atoms with Crippen LogP contribution in [0, 0.1) is 4.91 Å². The van der Waals surface area contributed by atoms with Crippen LogP contribution in [0.4, 0.5) is 0 Å². The first kappa shape index (κ1) is 11.6. The molecule has 0 aliphatic carbocycles. The summed E-state index contributed by atoms with van der Waals surface area (Å²) in [6.45, 7) is 3.17. The van der Waals surface area contributed by atoms with Gasteiger partial charge in [-0.1, -0.05) is 5.18 Å². The maximum atomic E-state index is 10.5. The quantitative estimate of drug-likeness (QED) is 0.609. The molecular weight excluding hydrogens is 222 g/mol. The Balaban J connectivity index is 3.12. The summed E-state index contributed by atoms with van der Waals surface area (Å²) in [5.74, 6) is 0. The zero-order valence-corrected chi connectivity index (χ0v) is 9.48. The summed E-state index contributed by atoms with van der Waals surface area (Å²) < 4.78 is 0.722. The van der Waals surface area contributed by atoms with Gasteiger partial charge in [-0.15, -0.1) is 16.2 Å². The van der Waals surface area contributed by atoms with Crippen molar-refractivity contribution in [2.24, 2.45) is 10.3 Å². The summed E-state index contributed by atoms with van der Waals surface area (Å²) in [4.78, 5) is 14.7. The zero-order valence-electron chi connectivity index (χ0n) is 7.85. The van der Waals surface area contributed by atoms with E-state index in [1.54, 1.807) is 13.8 Å². The lowest BCUT2D eigenvalue weighted by Crippen LogP contribution is -2.12. The molecule has 78 valence electrons. The van der Waals surface area contributed by atoms with Gasteiger partial charge < -0.3 is 5.11 Å². The van der Waals surface area contributed by atoms with Crippen molar-refractivity contribution in [3.05, 3.63) is 15.6 Å². The average Bonchev–Trinajstić information content (AvgIpc) is 2.61. The van der Waals surface area contributed by atoms with Gasteiger partial charge >= 0.3 is 0 Å². The van der Waals surface area contributed by atoms with Crippen LogP contribution in [0.2, 0.25) is 0 Å². The first-order valence-electron chi connectivity index (χ1n) is 3.87. The first-order valence-corrected chi connectivity index (χ1v) is 5.57. The van der Waals surface area contributed by atoms with Gasteiger partial charge in [-0.3, -0.25) is 5.14 Å². The van der Waals surface area contributed by atoms with Crippen LogP contribution in [0.3, 0.4) is 0 Å². The van der Waals surface area contributed by atoms with Gasteiger partial charge in [0.2, 0.25) is 0 Å². The van der Waals surface area contributed by atoms with Crippen molar-refractivity contribution in [2.75, 3.05) is 0 Å². The van der Waals surface area contributed by atoms with Crippen LogP contribution < -0.4 is 5.14 Å². The van der Waals surface area contributed by atoms with E-state index < -0.39 is 5.54 Å². The van der Waals surface area contributed by atoms with Crippen molar-refractivity contribution in [3.63, 3.8) is 0 Å². The molecule has 0 radical (unpaired) electrons. The molecule has 0 spiro atoms. The first-order chi connectivity index (χ1) is 6.55. The minimum Gasteiger partial charge on any atom is -0.390 e. The third-order valence-corrected chi connectivity index (χ3v) is 3.86. The fourth-order valence-electron chi connectivity index (χ4n) is 0.830. The van der Waals surface area contributed by atoms with E-state index in [1.165, 1.54) is 11.3 Å². The fourth-order valence-corrected chi connectivity index (χ4v) is 2.35. The molecular formula is C7H11N3O2S2. The number of rotatable bonds is 4. The third kappa shape index (κ3) is 2.11. The van der Waals surface area contributed by atoms with E-state index in [0.29, 0.717) is 10.7 Å². The Morgan fingerprint density at radius 2 is 2.36 bits per heavy atom. The Hall–Kier alpha value is -0.500. The topological polar surface area (TPSA) is 88.6 Å². The molecule has 0 unspecified atom stereocenters. The summed E-state index contributed by atoms with van der Waals surface area (Å²) in [6, 6.07) is 0. The van der Waals surface area contributed by atoms with Crippen molar-refractivity contribution in [2.45, 2.75) is 30.2 Å². The fraction of sp³-hybridized carbons (Fsp3) is 0.571. The number of nitroso groups, excluding NO2 is 1. The van der Waals surface area contributed by atoms with E-state index in [0.717, 1.165) is 16.2 Å². The number of nitrogens with zero attached hydrogens (tertiary/aromatic N) is 2. The number of thiazole rings is 1. The highest BCUT2D eigenvalue weighted by Gasteiger charge is 2.27. The lowest BCUT2D eigenvalue weighted by atomic mass is 10.1. The van der Waals surface area contributed by atoms with E-state index in [2.05, 4.69) is 10.2 Å². The Bertz CT molecular complexity index is 316. The number of nitrogens with two attached hydrogens (primary N) is 1. The summed E-state index contributed by atoms with van der Waals surface area (Å²) in [7, 11) is 0. The van der Waals surface area contributed by atoms with E-state index in [4.69, 9.17) is 10.2 Å². The van der Waals surface area contributed by atoms with Gasteiger partial charge in [0.15, 0.2) is 0 Å². The number of aliphatic hydroxyl groups is 1. The van der Waals surface area contributed by atoms with Crippen molar-refractivity contribution in [3.8, 4) is 0 Å². The molecule has 0 bridgehead atoms. The third-order valence-electron chi connectivity index (χ3n) is 1.67. The minimum atomic E-state index is -0.859. The van der Waals surface area contributed by atoms with Gasteiger partial charge in [-0.2, -0.15) is 0 Å². The molecule has 5 nitrogen and oxygen atoms in total. The van der Waals surface area contributed by atoms with E-state index >= 15 is 0 Å². The lowest BCUT2D eigenvalue weighted by molar-refractivity contribution is 0.274. The Kier molecular flexibility index (Phi) is 3.59. The van der Waals surface area contributed by atoms with Gasteiger partial charge in [0.1, 0.15) is 14.8 Å². The molecule has 0 amide bonds. The van der Waals surface area contributed by atoms with Crippen molar-refractivity contribution in [1.29, 1.82) is 0 Å². The second kappa shape index (κ2) is 4.35. The molecule has 14 heavy (non-hydrogen) atoms. The van der Waals surface area contributed by atoms with Crippen LogP contribution in [-0.2, 0) is 12.1 Å². The van der Waals surface area contributed by atoms with Crippen molar-refractivity contribution < 1.29 is 5.11 Å². The van der Waals surface area contributed by atoms with Gasteiger partial charge in [0.05, 0.1) is 12.3 Å². The van der Waals surface area contributed by atoms with Crippen LogP contribution in [0.25, 0.3) is 0 Å². The van der Waals surface area contributed by atoms with Gasteiger partial charge in [-0.25, -0.2) is 4.98 Å². The Morgan fingerprint density at radius 1 is 1.71 bits per heavy atom. The summed E-state index contributed by atoms with van der Waals surface area (Å²) in [5.41, 5.74) is -0.350. The summed E-state index contributed by atoms with van der Waals surface area (Å²) in [5, 5.41) is 17.9. The standard InChI is InChI=1S/C7H11N3O2S2/c1-7(2,10-12)6-9-4(3-11)5(13-6)14-8/h11H,3,8H2,1-2H3. The maximum absolute atomic E-state index is 10.5. The number of hydrogen-bond acceptors (Lipinski definition) is 7. The molecule has 1 aromatic rings. The molecule has 0 aromatic carbocycles. The van der Waals surface area contributed by atoms with Crippen LogP contribution in [0.1, 0.15) is 24.5 Å². The van der Waals surface area contributed by atoms with Gasteiger partial charge in [0, 0.05) is 0 Å². The molecule has 3 N–H and O–H groups in total. The van der Waals surface area contributed by atoms with E-state index in [1.807, 2.05) is 0 Å². The number of aliphatic hydroxyl groups excluding tert-OH is 1. The second-order valence-electron chi connectivity index (χ2n) is 3.18. The molecule has 7 heteroatoms. The van der Waals surface area contributed by atoms with Crippen LogP contribution in [0.5, 0.6) is 0 Å². The predicted octanol–water partition coefficient (Wildman–Crippen LogP) is 1.60. The second-order valence-corrected chi connectivity index (χ2v) is 5.08. The summed E-state index contributed by atoms with van der Waals surface area (Å²) in [6.07, 6.45) is 0. The molecule has 0 aliphatic rings. The molecule has 0 saturated heterocycles. The van der Waals surface area contributed by atoms with Crippen molar-refractivity contribution in [1.82, 2.24) is 4.98 Å². The maximum Gasteiger partial charge on any atom is 0.148 e. The predicted molar refractivity (Wildman–Crippen MR) is 56.9 cm³/mol.